The summed E-state index contributed by atoms with van der Waals surface area (Å²) < 4.78 is 6.32. The van der Waals surface area contributed by atoms with Crippen LogP contribution in [0, 0.1) is 0 Å². The number of carbonyl (C=O) groups excluding carboxylic acids is 2. The molecular formula is C21H20N2O3S. The first-order chi connectivity index (χ1) is 13.2. The Bertz CT molecular complexity index is 964. The van der Waals surface area contributed by atoms with Crippen LogP contribution in [0.3, 0.4) is 0 Å². The molecule has 1 fully saturated rings. The number of ether oxygens (including phenoxy) is 1. The zero-order chi connectivity index (χ0) is 18.6. The summed E-state index contributed by atoms with van der Waals surface area (Å²) in [6.45, 7) is 0.503. The number of pyridine rings is 1. The van der Waals surface area contributed by atoms with Crippen LogP contribution in [0.4, 0.5) is 0 Å². The minimum absolute atomic E-state index is 0.148. The monoisotopic (exact) mass is 380 g/mol. The molecule has 138 valence electrons. The van der Waals surface area contributed by atoms with Gasteiger partial charge in [-0.25, -0.2) is 0 Å². The van der Waals surface area contributed by atoms with Crippen molar-refractivity contribution >= 4 is 33.4 Å². The number of nitrogens with one attached hydrogen (secondary N) is 1. The maximum atomic E-state index is 12.4. The fourth-order valence-electron chi connectivity index (χ4n) is 2.96. The number of thiophene rings is 1. The summed E-state index contributed by atoms with van der Waals surface area (Å²) >= 11 is 1.48. The smallest absolute Gasteiger partial charge is 0.307 e. The molecular weight excluding hydrogens is 360 g/mol. The lowest BCUT2D eigenvalue weighted by Gasteiger charge is -2.05. The Morgan fingerprint density at radius 1 is 1.19 bits per heavy atom. The summed E-state index contributed by atoms with van der Waals surface area (Å²) in [5.74, 6) is 0.119. The van der Waals surface area contributed by atoms with Crippen LogP contribution in [-0.2, 0) is 16.1 Å². The van der Waals surface area contributed by atoms with Crippen molar-refractivity contribution in [3.63, 3.8) is 0 Å². The summed E-state index contributed by atoms with van der Waals surface area (Å²) in [5.41, 5.74) is 3.12. The van der Waals surface area contributed by atoms with E-state index in [4.69, 9.17) is 4.74 Å². The van der Waals surface area contributed by atoms with Crippen molar-refractivity contribution in [1.29, 1.82) is 0 Å². The fourth-order valence-corrected chi connectivity index (χ4v) is 4.08. The number of rotatable bonds is 7. The summed E-state index contributed by atoms with van der Waals surface area (Å²) in [6.07, 6.45) is 4.38. The predicted molar refractivity (Wildman–Crippen MR) is 105 cm³/mol. The fraction of sp³-hybridized carbons (Fsp3) is 0.286. The molecule has 2 heterocycles. The summed E-state index contributed by atoms with van der Waals surface area (Å²) in [5, 5.41) is 2.80. The molecule has 1 aliphatic rings. The average molecular weight is 380 g/mol. The molecule has 0 saturated heterocycles. The lowest BCUT2D eigenvalue weighted by atomic mass is 10.1. The lowest BCUT2D eigenvalue weighted by molar-refractivity contribution is -0.144. The van der Waals surface area contributed by atoms with E-state index in [0.717, 1.165) is 15.8 Å². The Labute approximate surface area is 161 Å². The molecule has 3 aromatic rings. The van der Waals surface area contributed by atoms with E-state index >= 15 is 0 Å². The van der Waals surface area contributed by atoms with Crippen LogP contribution < -0.4 is 5.32 Å². The second-order valence-electron chi connectivity index (χ2n) is 6.65. The highest BCUT2D eigenvalue weighted by Crippen LogP contribution is 2.44. The first-order valence-corrected chi connectivity index (χ1v) is 9.88. The molecule has 1 aliphatic carbocycles. The minimum atomic E-state index is -0.326. The Kier molecular flexibility index (Phi) is 5.16. The van der Waals surface area contributed by atoms with Gasteiger partial charge in [0.15, 0.2) is 0 Å². The van der Waals surface area contributed by atoms with Crippen molar-refractivity contribution in [2.45, 2.75) is 31.8 Å². The van der Waals surface area contributed by atoms with Gasteiger partial charge in [-0.1, -0.05) is 30.3 Å². The molecule has 0 aliphatic heterocycles. The van der Waals surface area contributed by atoms with Crippen molar-refractivity contribution in [1.82, 2.24) is 10.3 Å². The number of benzene rings is 1. The molecule has 1 aromatic carbocycles. The van der Waals surface area contributed by atoms with Crippen LogP contribution in [0.2, 0.25) is 0 Å². The Morgan fingerprint density at radius 3 is 2.78 bits per heavy atom. The normalized spacial score (nSPS) is 13.5. The molecule has 1 saturated carbocycles. The molecule has 0 bridgehead atoms. The summed E-state index contributed by atoms with van der Waals surface area (Å²) in [7, 11) is 0. The van der Waals surface area contributed by atoms with E-state index in [1.807, 2.05) is 42.6 Å². The first kappa shape index (κ1) is 17.7. The van der Waals surface area contributed by atoms with Gasteiger partial charge < -0.3 is 10.1 Å². The lowest BCUT2D eigenvalue weighted by Crippen LogP contribution is -2.25. The maximum Gasteiger partial charge on any atom is 0.307 e. The molecule has 0 spiro atoms. The summed E-state index contributed by atoms with van der Waals surface area (Å²) in [6, 6.07) is 13.4. The highest BCUT2D eigenvalue weighted by atomic mass is 32.1. The third-order valence-corrected chi connectivity index (χ3v) is 5.71. The van der Waals surface area contributed by atoms with Gasteiger partial charge in [-0.15, -0.1) is 11.3 Å². The largest absolute Gasteiger partial charge is 0.461 e. The van der Waals surface area contributed by atoms with Crippen LogP contribution in [0.15, 0.2) is 48.7 Å². The van der Waals surface area contributed by atoms with Gasteiger partial charge in [-0.05, 0) is 42.0 Å². The molecule has 6 heteroatoms. The van der Waals surface area contributed by atoms with Crippen molar-refractivity contribution < 1.29 is 14.3 Å². The van der Waals surface area contributed by atoms with Crippen molar-refractivity contribution in [2.75, 3.05) is 6.54 Å². The highest BCUT2D eigenvalue weighted by Gasteiger charge is 2.26. The molecule has 27 heavy (non-hydrogen) atoms. The van der Waals surface area contributed by atoms with Gasteiger partial charge in [-0.3, -0.25) is 14.6 Å². The third kappa shape index (κ3) is 4.34. The number of aromatic nitrogens is 1. The van der Waals surface area contributed by atoms with Crippen LogP contribution in [0.1, 0.15) is 46.0 Å². The van der Waals surface area contributed by atoms with E-state index in [-0.39, 0.29) is 31.4 Å². The zero-order valence-corrected chi connectivity index (χ0v) is 15.6. The van der Waals surface area contributed by atoms with Crippen LogP contribution in [0.5, 0.6) is 0 Å². The molecule has 0 unspecified atom stereocenters. The second-order valence-corrected chi connectivity index (χ2v) is 7.70. The molecule has 4 rings (SSSR count). The van der Waals surface area contributed by atoms with E-state index in [9.17, 15) is 9.59 Å². The number of esters is 1. The number of hydrogen-bond donors (Lipinski definition) is 1. The quantitative estimate of drug-likeness (QED) is 0.628. The minimum Gasteiger partial charge on any atom is -0.461 e. The summed E-state index contributed by atoms with van der Waals surface area (Å²) in [4.78, 5) is 29.2. The van der Waals surface area contributed by atoms with E-state index in [1.165, 1.54) is 29.7 Å². The van der Waals surface area contributed by atoms with Gasteiger partial charge >= 0.3 is 5.97 Å². The molecule has 0 radical (unpaired) electrons. The Balaban J connectivity index is 1.28. The molecule has 1 N–H and O–H groups in total. The van der Waals surface area contributed by atoms with Gasteiger partial charge in [-0.2, -0.15) is 0 Å². The van der Waals surface area contributed by atoms with Crippen LogP contribution >= 0.6 is 11.3 Å². The van der Waals surface area contributed by atoms with Crippen molar-refractivity contribution in [3.8, 4) is 0 Å². The number of amides is 1. The average Bonchev–Trinajstić information content (AvgIpc) is 3.44. The van der Waals surface area contributed by atoms with E-state index in [0.29, 0.717) is 10.8 Å². The standard InChI is InChI=1S/C21H20N2O3S/c24-19(26-13-14-4-2-1-3-5-14)9-11-23-21(25)18-12-17-20(27-18)16(8-10-22-17)15-6-7-15/h1-5,8,10,12,15H,6-7,9,11,13H2,(H,23,25). The Hall–Kier alpha value is -2.73. The Morgan fingerprint density at radius 2 is 2.00 bits per heavy atom. The SMILES string of the molecule is O=C(CCNC(=O)c1cc2nccc(C3CC3)c2s1)OCc1ccccc1. The second kappa shape index (κ2) is 7.88. The van der Waals surface area contributed by atoms with E-state index < -0.39 is 0 Å². The van der Waals surface area contributed by atoms with Gasteiger partial charge in [0.05, 0.1) is 21.5 Å². The predicted octanol–water partition coefficient (Wildman–Crippen LogP) is 4.04. The number of fused-ring (bicyclic) bond motifs is 1. The van der Waals surface area contributed by atoms with Gasteiger partial charge in [0.25, 0.3) is 5.91 Å². The van der Waals surface area contributed by atoms with E-state index in [1.54, 1.807) is 0 Å². The van der Waals surface area contributed by atoms with Gasteiger partial charge in [0.2, 0.25) is 0 Å². The number of carbonyl (C=O) groups is 2. The zero-order valence-electron chi connectivity index (χ0n) is 14.8. The van der Waals surface area contributed by atoms with Crippen molar-refractivity contribution in [3.05, 3.63) is 64.7 Å². The maximum absolute atomic E-state index is 12.4. The molecule has 2 aromatic heterocycles. The van der Waals surface area contributed by atoms with E-state index in [2.05, 4.69) is 16.4 Å². The van der Waals surface area contributed by atoms with Crippen molar-refractivity contribution in [2.24, 2.45) is 0 Å². The highest BCUT2D eigenvalue weighted by molar-refractivity contribution is 7.21. The van der Waals surface area contributed by atoms with Crippen LogP contribution in [0.25, 0.3) is 10.2 Å². The number of nitrogens with zero attached hydrogens (tertiary/aromatic N) is 1. The molecule has 5 nitrogen and oxygen atoms in total. The topological polar surface area (TPSA) is 68.3 Å². The van der Waals surface area contributed by atoms with Crippen LogP contribution in [-0.4, -0.2) is 23.4 Å². The molecule has 0 atom stereocenters. The number of hydrogen-bond acceptors (Lipinski definition) is 5. The third-order valence-electron chi connectivity index (χ3n) is 4.54. The van der Waals surface area contributed by atoms with Gasteiger partial charge in [0.1, 0.15) is 6.61 Å². The molecule has 1 amide bonds. The van der Waals surface area contributed by atoms with Gasteiger partial charge in [0, 0.05) is 12.7 Å². The first-order valence-electron chi connectivity index (χ1n) is 9.07.